The molecule has 2 nitrogen and oxygen atoms in total. The van der Waals surface area contributed by atoms with E-state index in [2.05, 4.69) is 19.2 Å². The minimum atomic E-state index is -0.228. The van der Waals surface area contributed by atoms with E-state index in [1.165, 1.54) is 12.1 Å². The highest BCUT2D eigenvalue weighted by molar-refractivity contribution is 5.23. The molecule has 0 bridgehead atoms. The van der Waals surface area contributed by atoms with Crippen molar-refractivity contribution in [1.29, 1.82) is 0 Å². The van der Waals surface area contributed by atoms with Gasteiger partial charge < -0.3 is 10.1 Å². The van der Waals surface area contributed by atoms with Gasteiger partial charge in [0.15, 0.2) is 0 Å². The molecule has 0 heterocycles. The van der Waals surface area contributed by atoms with Gasteiger partial charge in [-0.15, -0.1) is 0 Å². The summed E-state index contributed by atoms with van der Waals surface area (Å²) in [6, 6.07) is 6.71. The molecule has 2 unspecified atom stereocenters. The van der Waals surface area contributed by atoms with Crippen LogP contribution in [0.25, 0.3) is 0 Å². The Kier molecular flexibility index (Phi) is 2.89. The minimum absolute atomic E-state index is 0.128. The van der Waals surface area contributed by atoms with Gasteiger partial charge in [-0.3, -0.25) is 0 Å². The SMILES string of the molecule is CNC1CC(Oc2ccc(F)cc2)C1(C)C. The number of ether oxygens (including phenoxy) is 1. The van der Waals surface area contributed by atoms with Crippen LogP contribution in [-0.2, 0) is 0 Å². The quantitative estimate of drug-likeness (QED) is 0.850. The lowest BCUT2D eigenvalue weighted by molar-refractivity contribution is -0.0521. The Morgan fingerprint density at radius 2 is 1.94 bits per heavy atom. The van der Waals surface area contributed by atoms with E-state index in [1.54, 1.807) is 12.1 Å². The molecule has 1 aliphatic rings. The number of rotatable bonds is 3. The smallest absolute Gasteiger partial charge is 0.123 e. The molecule has 16 heavy (non-hydrogen) atoms. The molecule has 1 N–H and O–H groups in total. The summed E-state index contributed by atoms with van der Waals surface area (Å²) in [5, 5.41) is 3.28. The van der Waals surface area contributed by atoms with E-state index >= 15 is 0 Å². The zero-order chi connectivity index (χ0) is 11.8. The lowest BCUT2D eigenvalue weighted by Crippen LogP contribution is -2.61. The van der Waals surface area contributed by atoms with Gasteiger partial charge in [-0.05, 0) is 31.3 Å². The van der Waals surface area contributed by atoms with Gasteiger partial charge in [0.1, 0.15) is 17.7 Å². The summed E-state index contributed by atoms with van der Waals surface area (Å²) in [4.78, 5) is 0. The first-order valence-corrected chi connectivity index (χ1v) is 5.63. The predicted molar refractivity (Wildman–Crippen MR) is 62.1 cm³/mol. The fourth-order valence-electron chi connectivity index (χ4n) is 2.25. The van der Waals surface area contributed by atoms with E-state index < -0.39 is 0 Å². The van der Waals surface area contributed by atoms with Crippen LogP contribution in [0.3, 0.4) is 0 Å². The Morgan fingerprint density at radius 1 is 1.31 bits per heavy atom. The van der Waals surface area contributed by atoms with Crippen molar-refractivity contribution in [2.24, 2.45) is 5.41 Å². The first-order chi connectivity index (χ1) is 7.54. The van der Waals surface area contributed by atoms with E-state index in [9.17, 15) is 4.39 Å². The zero-order valence-corrected chi connectivity index (χ0v) is 9.96. The average molecular weight is 223 g/mol. The predicted octanol–water partition coefficient (Wildman–Crippen LogP) is 2.59. The molecule has 0 amide bonds. The van der Waals surface area contributed by atoms with Crippen molar-refractivity contribution in [3.63, 3.8) is 0 Å². The summed E-state index contributed by atoms with van der Waals surface area (Å²) in [6.45, 7) is 4.37. The molecule has 0 aliphatic heterocycles. The van der Waals surface area contributed by atoms with Crippen LogP contribution < -0.4 is 10.1 Å². The molecule has 0 radical (unpaired) electrons. The molecule has 0 saturated heterocycles. The van der Waals surface area contributed by atoms with Crippen molar-refractivity contribution in [1.82, 2.24) is 5.32 Å². The number of benzene rings is 1. The molecule has 88 valence electrons. The second kappa shape index (κ2) is 4.06. The Labute approximate surface area is 95.8 Å². The maximum absolute atomic E-state index is 12.7. The molecule has 0 aromatic heterocycles. The van der Waals surface area contributed by atoms with Crippen molar-refractivity contribution in [3.05, 3.63) is 30.1 Å². The van der Waals surface area contributed by atoms with E-state index in [-0.39, 0.29) is 17.3 Å². The Hall–Kier alpha value is -1.09. The van der Waals surface area contributed by atoms with Gasteiger partial charge >= 0.3 is 0 Å². The fourth-order valence-corrected chi connectivity index (χ4v) is 2.25. The van der Waals surface area contributed by atoms with Gasteiger partial charge in [0, 0.05) is 17.9 Å². The van der Waals surface area contributed by atoms with Gasteiger partial charge in [0.25, 0.3) is 0 Å². The van der Waals surface area contributed by atoms with Gasteiger partial charge in [0.05, 0.1) is 0 Å². The summed E-state index contributed by atoms with van der Waals surface area (Å²) < 4.78 is 18.6. The Bertz CT molecular complexity index is 361. The first-order valence-electron chi connectivity index (χ1n) is 5.63. The van der Waals surface area contributed by atoms with Gasteiger partial charge in [0.2, 0.25) is 0 Å². The molecule has 1 saturated carbocycles. The van der Waals surface area contributed by atoms with Crippen LogP contribution in [0.1, 0.15) is 20.3 Å². The summed E-state index contributed by atoms with van der Waals surface area (Å²) in [5.41, 5.74) is 0.128. The third kappa shape index (κ3) is 1.92. The van der Waals surface area contributed by atoms with Crippen molar-refractivity contribution in [2.45, 2.75) is 32.4 Å². The molecule has 1 aromatic rings. The Balaban J connectivity index is 1.99. The van der Waals surface area contributed by atoms with E-state index in [1.807, 2.05) is 7.05 Å². The number of hydrogen-bond donors (Lipinski definition) is 1. The summed E-state index contributed by atoms with van der Waals surface area (Å²) in [6.07, 6.45) is 1.20. The van der Waals surface area contributed by atoms with E-state index in [0.717, 1.165) is 12.2 Å². The third-order valence-electron chi connectivity index (χ3n) is 3.62. The number of hydrogen-bond acceptors (Lipinski definition) is 2. The lowest BCUT2D eigenvalue weighted by Gasteiger charge is -2.51. The molecule has 0 spiro atoms. The van der Waals surface area contributed by atoms with Crippen LogP contribution in [0.15, 0.2) is 24.3 Å². The topological polar surface area (TPSA) is 21.3 Å². The molecule has 2 rings (SSSR count). The maximum Gasteiger partial charge on any atom is 0.123 e. The van der Waals surface area contributed by atoms with Gasteiger partial charge in [-0.1, -0.05) is 13.8 Å². The molecule has 1 fully saturated rings. The highest BCUT2D eigenvalue weighted by atomic mass is 19.1. The monoisotopic (exact) mass is 223 g/mol. The zero-order valence-electron chi connectivity index (χ0n) is 9.96. The number of halogens is 1. The highest BCUT2D eigenvalue weighted by Gasteiger charge is 2.49. The minimum Gasteiger partial charge on any atom is -0.490 e. The molecule has 1 aliphatic carbocycles. The van der Waals surface area contributed by atoms with Crippen LogP contribution in [-0.4, -0.2) is 19.2 Å². The van der Waals surface area contributed by atoms with Gasteiger partial charge in [-0.25, -0.2) is 4.39 Å². The molecule has 1 aromatic carbocycles. The largest absolute Gasteiger partial charge is 0.490 e. The van der Waals surface area contributed by atoms with Crippen LogP contribution in [0.4, 0.5) is 4.39 Å². The molecular weight excluding hydrogens is 205 g/mol. The van der Waals surface area contributed by atoms with Crippen LogP contribution in [0.2, 0.25) is 0 Å². The van der Waals surface area contributed by atoms with Gasteiger partial charge in [-0.2, -0.15) is 0 Å². The first kappa shape index (κ1) is 11.4. The number of nitrogens with one attached hydrogen (secondary N) is 1. The van der Waals surface area contributed by atoms with Crippen LogP contribution in [0, 0.1) is 11.2 Å². The van der Waals surface area contributed by atoms with Crippen molar-refractivity contribution < 1.29 is 9.13 Å². The second-order valence-corrected chi connectivity index (χ2v) is 4.96. The normalized spacial score (nSPS) is 27.2. The van der Waals surface area contributed by atoms with Crippen molar-refractivity contribution in [2.75, 3.05) is 7.05 Å². The highest BCUT2D eigenvalue weighted by Crippen LogP contribution is 2.42. The molecule has 3 heteroatoms. The molecule has 2 atom stereocenters. The second-order valence-electron chi connectivity index (χ2n) is 4.96. The van der Waals surface area contributed by atoms with Crippen molar-refractivity contribution >= 4 is 0 Å². The lowest BCUT2D eigenvalue weighted by atomic mass is 9.64. The summed E-state index contributed by atoms with van der Waals surface area (Å²) in [7, 11) is 1.97. The maximum atomic E-state index is 12.7. The fraction of sp³-hybridized carbons (Fsp3) is 0.538. The molecular formula is C13H18FNO. The summed E-state index contributed by atoms with van der Waals surface area (Å²) in [5.74, 6) is 0.516. The standard InChI is InChI=1S/C13H18FNO/c1-13(2)11(15-3)8-12(13)16-10-6-4-9(14)5-7-10/h4-7,11-12,15H,8H2,1-3H3. The van der Waals surface area contributed by atoms with E-state index in [0.29, 0.717) is 6.04 Å². The van der Waals surface area contributed by atoms with Crippen molar-refractivity contribution in [3.8, 4) is 5.75 Å². The average Bonchev–Trinajstić information content (AvgIpc) is 2.26. The summed E-state index contributed by atoms with van der Waals surface area (Å²) >= 11 is 0. The van der Waals surface area contributed by atoms with Crippen LogP contribution in [0.5, 0.6) is 5.75 Å². The Morgan fingerprint density at radius 3 is 2.44 bits per heavy atom. The third-order valence-corrected chi connectivity index (χ3v) is 3.62. The van der Waals surface area contributed by atoms with Crippen LogP contribution >= 0.6 is 0 Å². The van der Waals surface area contributed by atoms with E-state index in [4.69, 9.17) is 4.74 Å².